The molecule has 0 fully saturated rings. The Bertz CT molecular complexity index is 2400. The number of benzene rings is 5. The van der Waals surface area contributed by atoms with Crippen LogP contribution in [0.5, 0.6) is 0 Å². The first-order chi connectivity index (χ1) is 24.8. The second-order valence-electron chi connectivity index (χ2n) is 14.4. The smallest absolute Gasteiger partial charge is 0.128 e. The molecule has 8 rings (SSSR count). The quantitative estimate of drug-likeness (QED) is 0.118. The van der Waals surface area contributed by atoms with Gasteiger partial charge in [-0.25, -0.2) is 0 Å². The van der Waals surface area contributed by atoms with Crippen LogP contribution in [0.4, 0.5) is 0 Å². The number of furan rings is 1. The van der Waals surface area contributed by atoms with Gasteiger partial charge in [-0.2, -0.15) is 0 Å². The van der Waals surface area contributed by atoms with E-state index in [2.05, 4.69) is 141 Å². The molecule has 0 unspecified atom stereocenters. The Balaban J connectivity index is 0.000000193. The maximum absolute atomic E-state index is 6.50. The van der Waals surface area contributed by atoms with E-state index < -0.39 is 8.07 Å². The van der Waals surface area contributed by atoms with E-state index in [9.17, 15) is 0 Å². The van der Waals surface area contributed by atoms with Gasteiger partial charge >= 0.3 is 0 Å². The summed E-state index contributed by atoms with van der Waals surface area (Å²) in [6.45, 7) is 11.7. The zero-order chi connectivity index (χ0) is 35.4. The van der Waals surface area contributed by atoms with E-state index >= 15 is 0 Å². The number of hydrogen-bond acceptors (Lipinski definition) is 3. The van der Waals surface area contributed by atoms with Gasteiger partial charge in [0.15, 0.2) is 0 Å². The Hall–Kier alpha value is -4.93. The van der Waals surface area contributed by atoms with E-state index in [4.69, 9.17) is 4.42 Å². The van der Waals surface area contributed by atoms with Crippen molar-refractivity contribution in [2.75, 3.05) is 0 Å². The second-order valence-corrected chi connectivity index (χ2v) is 19.4. The van der Waals surface area contributed by atoms with E-state index in [0.717, 1.165) is 73.1 Å². The number of hydrogen-bond donors (Lipinski definition) is 0. The van der Waals surface area contributed by atoms with Crippen molar-refractivity contribution in [3.05, 3.63) is 164 Å². The molecule has 0 N–H and O–H groups in total. The summed E-state index contributed by atoms with van der Waals surface area (Å²) in [7, 11) is -1.34. The third-order valence-corrected chi connectivity index (χ3v) is 11.1. The zero-order valence-corrected chi connectivity index (χ0v) is 33.7. The number of pyridine rings is 2. The molecule has 0 atom stereocenters. The minimum absolute atomic E-state index is 0. The average Bonchev–Trinajstić information content (AvgIpc) is 3.55. The molecule has 5 aromatic carbocycles. The van der Waals surface area contributed by atoms with Crippen LogP contribution in [0, 0.1) is 18.1 Å². The summed E-state index contributed by atoms with van der Waals surface area (Å²) < 4.78 is 6.50. The van der Waals surface area contributed by atoms with Gasteiger partial charge in [0.05, 0.1) is 13.7 Å². The molecule has 8 aromatic rings. The summed E-state index contributed by atoms with van der Waals surface area (Å²) in [4.78, 5) is 9.33. The molecule has 261 valence electrons. The van der Waals surface area contributed by atoms with Crippen molar-refractivity contribution in [1.29, 1.82) is 0 Å². The predicted octanol–water partition coefficient (Wildman–Crippen LogP) is 12.1. The van der Waals surface area contributed by atoms with E-state index in [1.165, 1.54) is 10.8 Å². The summed E-state index contributed by atoms with van der Waals surface area (Å²) in [5.74, 6) is 0.667. The third-order valence-electron chi connectivity index (χ3n) is 9.08. The van der Waals surface area contributed by atoms with Crippen LogP contribution >= 0.6 is 0 Å². The van der Waals surface area contributed by atoms with Crippen LogP contribution in [0.15, 0.2) is 150 Å². The predicted molar refractivity (Wildman–Crippen MR) is 217 cm³/mol. The van der Waals surface area contributed by atoms with Crippen LogP contribution in [0.3, 0.4) is 0 Å². The van der Waals surface area contributed by atoms with Crippen LogP contribution < -0.4 is 5.19 Å². The molecule has 0 saturated carbocycles. The van der Waals surface area contributed by atoms with Gasteiger partial charge in [-0.3, -0.25) is 0 Å². The maximum Gasteiger partial charge on any atom is 0.128 e. The van der Waals surface area contributed by atoms with Gasteiger partial charge in [-0.1, -0.05) is 141 Å². The largest absolute Gasteiger partial charge is 0.500 e. The molecule has 0 aliphatic rings. The summed E-state index contributed by atoms with van der Waals surface area (Å²) in [6.07, 6.45) is 5.09. The van der Waals surface area contributed by atoms with Gasteiger partial charge in [0.25, 0.3) is 0 Å². The molecule has 0 bridgehead atoms. The van der Waals surface area contributed by atoms with Crippen molar-refractivity contribution in [2.45, 2.75) is 39.9 Å². The molecule has 3 nitrogen and oxygen atoms in total. The van der Waals surface area contributed by atoms with Crippen molar-refractivity contribution < 1.29 is 24.5 Å². The van der Waals surface area contributed by atoms with Crippen LogP contribution in [-0.2, 0) is 26.5 Å². The van der Waals surface area contributed by atoms with Gasteiger partial charge in [-0.05, 0) is 51.7 Å². The third kappa shape index (κ3) is 8.08. The SMILES string of the molecule is CC(C)Cc1cc(-c2[c-]cccc2)ncc1[Si](C)(C)C.[Ir].[c-]1ccc2c(oc3c(-c4ccccc4)cccc32)c1-c1cc(-c2ccccc2)ccn1. The van der Waals surface area contributed by atoms with Crippen LogP contribution in [0.25, 0.3) is 66.7 Å². The van der Waals surface area contributed by atoms with E-state index in [0.29, 0.717) is 5.92 Å². The Morgan fingerprint density at radius 3 is 2.04 bits per heavy atom. The topological polar surface area (TPSA) is 38.9 Å². The zero-order valence-electron chi connectivity index (χ0n) is 30.3. The van der Waals surface area contributed by atoms with Gasteiger partial charge < -0.3 is 14.4 Å². The Kier molecular flexibility index (Phi) is 11.5. The fourth-order valence-corrected chi connectivity index (χ4v) is 8.25. The second kappa shape index (κ2) is 16.2. The summed E-state index contributed by atoms with van der Waals surface area (Å²) >= 11 is 0. The van der Waals surface area contributed by atoms with Crippen LogP contribution in [0.2, 0.25) is 19.6 Å². The molecule has 5 heteroatoms. The molecule has 0 spiro atoms. The molecular formula is C47H42IrN2OSi-2. The van der Waals surface area contributed by atoms with Crippen molar-refractivity contribution in [2.24, 2.45) is 5.92 Å². The minimum Gasteiger partial charge on any atom is -0.500 e. The summed E-state index contributed by atoms with van der Waals surface area (Å²) in [5, 5.41) is 3.67. The molecule has 3 aromatic heterocycles. The summed E-state index contributed by atoms with van der Waals surface area (Å²) in [6, 6.07) is 52.2. The summed E-state index contributed by atoms with van der Waals surface area (Å²) in [5.41, 5.74) is 11.6. The van der Waals surface area contributed by atoms with Gasteiger partial charge in [0, 0.05) is 43.4 Å². The van der Waals surface area contributed by atoms with Crippen molar-refractivity contribution in [3.8, 4) is 44.8 Å². The number of aromatic nitrogens is 2. The maximum atomic E-state index is 6.50. The van der Waals surface area contributed by atoms with Gasteiger partial charge in [-0.15, -0.1) is 54.1 Å². The molecule has 52 heavy (non-hydrogen) atoms. The molecule has 0 aliphatic heterocycles. The molecule has 3 heterocycles. The average molecular weight is 871 g/mol. The van der Waals surface area contributed by atoms with E-state index in [1.54, 1.807) is 0 Å². The normalized spacial score (nSPS) is 11.3. The number of nitrogens with zero attached hydrogens (tertiary/aromatic N) is 2. The molecule has 0 saturated heterocycles. The Morgan fingerprint density at radius 2 is 1.35 bits per heavy atom. The van der Waals surface area contributed by atoms with E-state index in [-0.39, 0.29) is 20.1 Å². The van der Waals surface area contributed by atoms with Crippen molar-refractivity contribution in [3.63, 3.8) is 0 Å². The first-order valence-electron chi connectivity index (χ1n) is 17.7. The Morgan fingerprint density at radius 1 is 0.635 bits per heavy atom. The van der Waals surface area contributed by atoms with Crippen molar-refractivity contribution >= 4 is 35.2 Å². The molecule has 0 aliphatic carbocycles. The number of fused-ring (bicyclic) bond motifs is 3. The van der Waals surface area contributed by atoms with Crippen molar-refractivity contribution in [1.82, 2.24) is 9.97 Å². The molecular weight excluding hydrogens is 829 g/mol. The Labute approximate surface area is 322 Å². The number of rotatable bonds is 7. The van der Waals surface area contributed by atoms with Gasteiger partial charge in [0.1, 0.15) is 5.58 Å². The molecule has 1 radical (unpaired) electrons. The number of para-hydroxylation sites is 1. The monoisotopic (exact) mass is 871 g/mol. The first kappa shape index (κ1) is 36.8. The minimum atomic E-state index is -1.34. The fraction of sp³-hybridized carbons (Fsp3) is 0.149. The standard InChI is InChI=1S/C29H18NO.C18H24NSi.Ir/c1-3-9-20(10-4-1)22-17-18-30-27(19-22)26-16-8-15-25-24-14-7-13-23(28(24)31-29(25)26)21-11-5-2-6-12-21;1-14(2)11-16-12-17(15-9-7-6-8-10-15)19-13-18(16)20(3,4)5;/h1-15,17-19H;6-9,12-14H,11H2,1-5H3;/q2*-1;. The van der Waals surface area contributed by atoms with Crippen LogP contribution in [-0.4, -0.2) is 18.0 Å². The first-order valence-corrected chi connectivity index (χ1v) is 21.2. The fourth-order valence-electron chi connectivity index (χ4n) is 6.66. The van der Waals surface area contributed by atoms with Crippen LogP contribution in [0.1, 0.15) is 19.4 Å². The van der Waals surface area contributed by atoms with Gasteiger partial charge in [0.2, 0.25) is 0 Å². The molecule has 0 amide bonds. The van der Waals surface area contributed by atoms with E-state index in [1.807, 2.05) is 60.8 Å².